The van der Waals surface area contributed by atoms with Gasteiger partial charge in [-0.2, -0.15) is 4.98 Å². The van der Waals surface area contributed by atoms with E-state index in [2.05, 4.69) is 16.8 Å². The van der Waals surface area contributed by atoms with Crippen molar-refractivity contribution in [1.82, 2.24) is 4.98 Å². The molecule has 3 nitrogen and oxygen atoms in total. The Morgan fingerprint density at radius 3 is 2.87 bits per heavy atom. The smallest absolute Gasteiger partial charge is 0.298 e. The number of hydrogen-bond acceptors (Lipinski definition) is 3. The second kappa shape index (κ2) is 4.34. The summed E-state index contributed by atoms with van der Waals surface area (Å²) in [6.07, 6.45) is 2.35. The van der Waals surface area contributed by atoms with Crippen LogP contribution in [0.2, 0.25) is 0 Å². The molecule has 1 aromatic carbocycles. The fourth-order valence-corrected chi connectivity index (χ4v) is 1.51. The van der Waals surface area contributed by atoms with Crippen LogP contribution in [0.15, 0.2) is 28.7 Å². The first-order chi connectivity index (χ1) is 7.31. The molecule has 15 heavy (non-hydrogen) atoms. The lowest BCUT2D eigenvalue weighted by Crippen LogP contribution is -2.18. The second-order valence-electron chi connectivity index (χ2n) is 3.74. The molecule has 0 amide bonds. The number of nitrogens with zero attached hydrogens (tertiary/aromatic N) is 2. The summed E-state index contributed by atoms with van der Waals surface area (Å²) in [7, 11) is 2.01. The molecule has 0 bridgehead atoms. The minimum absolute atomic E-state index is 0.713. The Kier molecular flexibility index (Phi) is 2.90. The van der Waals surface area contributed by atoms with Gasteiger partial charge in [-0.05, 0) is 18.6 Å². The van der Waals surface area contributed by atoms with Gasteiger partial charge in [-0.15, -0.1) is 0 Å². The number of para-hydroxylation sites is 2. The summed E-state index contributed by atoms with van der Waals surface area (Å²) in [5, 5.41) is 0. The van der Waals surface area contributed by atoms with Crippen LogP contribution in [0.1, 0.15) is 19.8 Å². The molecule has 0 aliphatic heterocycles. The fraction of sp³-hybridized carbons (Fsp3) is 0.417. The maximum atomic E-state index is 5.64. The van der Waals surface area contributed by atoms with Gasteiger partial charge in [0.2, 0.25) is 0 Å². The van der Waals surface area contributed by atoms with Crippen molar-refractivity contribution < 1.29 is 4.42 Å². The van der Waals surface area contributed by atoms with Gasteiger partial charge in [0, 0.05) is 13.6 Å². The van der Waals surface area contributed by atoms with Gasteiger partial charge < -0.3 is 9.32 Å². The molecule has 0 saturated carbocycles. The van der Waals surface area contributed by atoms with Crippen molar-refractivity contribution in [2.75, 3.05) is 18.5 Å². The van der Waals surface area contributed by atoms with Gasteiger partial charge >= 0.3 is 0 Å². The molecule has 0 unspecified atom stereocenters. The Morgan fingerprint density at radius 1 is 1.33 bits per heavy atom. The fourth-order valence-electron chi connectivity index (χ4n) is 1.51. The predicted octanol–water partition coefficient (Wildman–Crippen LogP) is 3.06. The van der Waals surface area contributed by atoms with Crippen LogP contribution in [0.25, 0.3) is 11.1 Å². The lowest BCUT2D eigenvalue weighted by atomic mass is 10.3. The van der Waals surface area contributed by atoms with E-state index in [0.717, 1.165) is 24.1 Å². The van der Waals surface area contributed by atoms with Crippen molar-refractivity contribution >= 4 is 17.1 Å². The van der Waals surface area contributed by atoms with Gasteiger partial charge in [0.1, 0.15) is 5.52 Å². The zero-order valence-corrected chi connectivity index (χ0v) is 9.23. The number of unbranched alkanes of at least 4 members (excludes halogenated alkanes) is 1. The van der Waals surface area contributed by atoms with E-state index in [9.17, 15) is 0 Å². The summed E-state index contributed by atoms with van der Waals surface area (Å²) in [6.45, 7) is 3.17. The third kappa shape index (κ3) is 2.12. The highest BCUT2D eigenvalue weighted by Crippen LogP contribution is 2.20. The molecule has 0 aliphatic rings. The molecule has 0 spiro atoms. The second-order valence-corrected chi connectivity index (χ2v) is 3.74. The quantitative estimate of drug-likeness (QED) is 0.766. The first-order valence-corrected chi connectivity index (χ1v) is 5.38. The van der Waals surface area contributed by atoms with Crippen LogP contribution in [0.3, 0.4) is 0 Å². The maximum absolute atomic E-state index is 5.64. The standard InChI is InChI=1S/C12H16N2O/c1-3-4-9-14(2)12-13-10-7-5-6-8-11(10)15-12/h5-8H,3-4,9H2,1-2H3. The average molecular weight is 204 g/mol. The highest BCUT2D eigenvalue weighted by molar-refractivity contribution is 5.74. The Labute approximate surface area is 89.7 Å². The van der Waals surface area contributed by atoms with E-state index in [1.807, 2.05) is 31.3 Å². The summed E-state index contributed by atoms with van der Waals surface area (Å²) in [6, 6.07) is 8.56. The summed E-state index contributed by atoms with van der Waals surface area (Å²) >= 11 is 0. The number of anilines is 1. The maximum Gasteiger partial charge on any atom is 0.298 e. The molecule has 0 N–H and O–H groups in total. The molecule has 1 aromatic heterocycles. The normalized spacial score (nSPS) is 10.8. The highest BCUT2D eigenvalue weighted by atomic mass is 16.4. The van der Waals surface area contributed by atoms with E-state index in [0.29, 0.717) is 6.01 Å². The summed E-state index contributed by atoms with van der Waals surface area (Å²) in [4.78, 5) is 6.48. The third-order valence-corrected chi connectivity index (χ3v) is 2.46. The first kappa shape index (κ1) is 10.0. The van der Waals surface area contributed by atoms with E-state index in [1.54, 1.807) is 0 Å². The minimum Gasteiger partial charge on any atom is -0.423 e. The third-order valence-electron chi connectivity index (χ3n) is 2.46. The molecule has 80 valence electrons. The zero-order valence-electron chi connectivity index (χ0n) is 9.23. The van der Waals surface area contributed by atoms with Crippen molar-refractivity contribution in [2.45, 2.75) is 19.8 Å². The summed E-state index contributed by atoms with van der Waals surface area (Å²) in [5.74, 6) is 0. The highest BCUT2D eigenvalue weighted by Gasteiger charge is 2.08. The van der Waals surface area contributed by atoms with Gasteiger partial charge in [0.25, 0.3) is 6.01 Å². The number of aromatic nitrogens is 1. The van der Waals surface area contributed by atoms with E-state index >= 15 is 0 Å². The molecular formula is C12H16N2O. The van der Waals surface area contributed by atoms with Crippen LogP contribution in [-0.2, 0) is 0 Å². The van der Waals surface area contributed by atoms with E-state index in [1.165, 1.54) is 6.42 Å². The van der Waals surface area contributed by atoms with Crippen molar-refractivity contribution in [1.29, 1.82) is 0 Å². The van der Waals surface area contributed by atoms with Gasteiger partial charge in [0.15, 0.2) is 5.58 Å². The van der Waals surface area contributed by atoms with Crippen LogP contribution >= 0.6 is 0 Å². The van der Waals surface area contributed by atoms with Gasteiger partial charge in [0.05, 0.1) is 0 Å². The van der Waals surface area contributed by atoms with Crippen LogP contribution in [0.5, 0.6) is 0 Å². The van der Waals surface area contributed by atoms with Gasteiger partial charge in [-0.3, -0.25) is 0 Å². The molecule has 2 aromatic rings. The summed E-state index contributed by atoms with van der Waals surface area (Å²) in [5.41, 5.74) is 1.78. The van der Waals surface area contributed by atoms with Crippen LogP contribution in [0.4, 0.5) is 6.01 Å². The molecule has 0 fully saturated rings. The number of fused-ring (bicyclic) bond motifs is 1. The average Bonchev–Trinajstić information content (AvgIpc) is 2.69. The van der Waals surface area contributed by atoms with E-state index in [-0.39, 0.29) is 0 Å². The predicted molar refractivity (Wildman–Crippen MR) is 62.2 cm³/mol. The van der Waals surface area contributed by atoms with Crippen molar-refractivity contribution in [2.24, 2.45) is 0 Å². The molecule has 0 atom stereocenters. The van der Waals surface area contributed by atoms with Crippen LogP contribution in [0, 0.1) is 0 Å². The zero-order chi connectivity index (χ0) is 10.7. The number of oxazole rings is 1. The Hall–Kier alpha value is -1.51. The van der Waals surface area contributed by atoms with Gasteiger partial charge in [-0.25, -0.2) is 0 Å². The Balaban J connectivity index is 2.20. The van der Waals surface area contributed by atoms with Crippen molar-refractivity contribution in [3.63, 3.8) is 0 Å². The lowest BCUT2D eigenvalue weighted by Gasteiger charge is -2.12. The largest absolute Gasteiger partial charge is 0.423 e. The topological polar surface area (TPSA) is 29.3 Å². The molecule has 0 radical (unpaired) electrons. The number of hydrogen-bond donors (Lipinski definition) is 0. The monoisotopic (exact) mass is 204 g/mol. The van der Waals surface area contributed by atoms with Crippen LogP contribution in [-0.4, -0.2) is 18.6 Å². The minimum atomic E-state index is 0.713. The lowest BCUT2D eigenvalue weighted by molar-refractivity contribution is 0.576. The Bertz CT molecular complexity index is 403. The van der Waals surface area contributed by atoms with E-state index in [4.69, 9.17) is 4.42 Å². The molecule has 1 heterocycles. The first-order valence-electron chi connectivity index (χ1n) is 5.38. The van der Waals surface area contributed by atoms with E-state index < -0.39 is 0 Å². The molecular weight excluding hydrogens is 188 g/mol. The molecule has 2 rings (SSSR count). The Morgan fingerprint density at radius 2 is 2.13 bits per heavy atom. The molecule has 0 saturated heterocycles. The SMILES string of the molecule is CCCCN(C)c1nc2ccccc2o1. The van der Waals surface area contributed by atoms with Crippen molar-refractivity contribution in [3.8, 4) is 0 Å². The number of benzene rings is 1. The van der Waals surface area contributed by atoms with Crippen molar-refractivity contribution in [3.05, 3.63) is 24.3 Å². The molecule has 0 aliphatic carbocycles. The van der Waals surface area contributed by atoms with Crippen LogP contribution < -0.4 is 4.90 Å². The number of rotatable bonds is 4. The van der Waals surface area contributed by atoms with Gasteiger partial charge in [-0.1, -0.05) is 25.5 Å². The summed E-state index contributed by atoms with van der Waals surface area (Å²) < 4.78 is 5.64. The molecule has 3 heteroatoms.